The quantitative estimate of drug-likeness (QED) is 0.229. The van der Waals surface area contributed by atoms with Crippen LogP contribution >= 0.6 is 23.2 Å². The van der Waals surface area contributed by atoms with Crippen LogP contribution in [0.5, 0.6) is 0 Å². The van der Waals surface area contributed by atoms with Crippen LogP contribution in [0.4, 0.5) is 17.1 Å². The normalized spacial score (nSPS) is 11.8. The van der Waals surface area contributed by atoms with E-state index < -0.39 is 14.9 Å². The second kappa shape index (κ2) is 9.99. The molecule has 0 saturated carbocycles. The maximum atomic E-state index is 13.0. The Bertz CT molecular complexity index is 1260. The van der Waals surface area contributed by atoms with Crippen LogP contribution in [0.25, 0.3) is 0 Å². The Morgan fingerprint density at radius 1 is 1.00 bits per heavy atom. The van der Waals surface area contributed by atoms with Crippen molar-refractivity contribution < 1.29 is 13.3 Å². The van der Waals surface area contributed by atoms with E-state index in [0.29, 0.717) is 22.2 Å². The number of hydrazone groups is 1. The SMILES string of the molecule is CC/C(=N\Nc1ccc([N+](=O)[O-])cc1S(=O)(=O)Nc1ccc(Cl)cc1)c1ccc(Cl)cc1. The van der Waals surface area contributed by atoms with Crippen LogP contribution in [-0.2, 0) is 10.0 Å². The van der Waals surface area contributed by atoms with Crippen LogP contribution in [0, 0.1) is 10.1 Å². The zero-order valence-corrected chi connectivity index (χ0v) is 19.1. The third-order valence-corrected chi connectivity index (χ3v) is 6.31. The molecule has 0 atom stereocenters. The lowest BCUT2D eigenvalue weighted by Gasteiger charge is -2.13. The largest absolute Gasteiger partial charge is 0.280 e. The van der Waals surface area contributed by atoms with Crippen molar-refractivity contribution in [3.05, 3.63) is 92.5 Å². The predicted octanol–water partition coefficient (Wildman–Crippen LogP) is 5.93. The van der Waals surface area contributed by atoms with E-state index in [2.05, 4.69) is 15.2 Å². The third kappa shape index (κ3) is 5.76. The van der Waals surface area contributed by atoms with E-state index in [1.54, 1.807) is 24.3 Å². The van der Waals surface area contributed by atoms with Crippen molar-refractivity contribution >= 4 is 56.0 Å². The Hall–Kier alpha value is -3.14. The van der Waals surface area contributed by atoms with Gasteiger partial charge in [0.15, 0.2) is 0 Å². The van der Waals surface area contributed by atoms with Crippen molar-refractivity contribution in [3.63, 3.8) is 0 Å². The number of anilines is 2. The topological polar surface area (TPSA) is 114 Å². The molecular weight excluding hydrogens is 475 g/mol. The number of hydrogen-bond acceptors (Lipinski definition) is 6. The smallest absolute Gasteiger partial charge is 0.270 e. The van der Waals surface area contributed by atoms with E-state index in [1.807, 2.05) is 6.92 Å². The summed E-state index contributed by atoms with van der Waals surface area (Å²) in [5, 5.41) is 16.6. The molecule has 0 fully saturated rings. The minimum absolute atomic E-state index is 0.0805. The number of sulfonamides is 1. The van der Waals surface area contributed by atoms with Gasteiger partial charge in [0.1, 0.15) is 4.90 Å². The summed E-state index contributed by atoms with van der Waals surface area (Å²) in [4.78, 5) is 10.2. The number of halogens is 2. The van der Waals surface area contributed by atoms with Gasteiger partial charge in [-0.25, -0.2) is 8.42 Å². The van der Waals surface area contributed by atoms with E-state index in [-0.39, 0.29) is 22.0 Å². The maximum absolute atomic E-state index is 13.0. The molecule has 3 aromatic carbocycles. The number of hydrogen-bond donors (Lipinski definition) is 2. The highest BCUT2D eigenvalue weighted by Crippen LogP contribution is 2.29. The molecule has 0 aliphatic rings. The molecule has 0 saturated heterocycles. The van der Waals surface area contributed by atoms with Crippen LogP contribution in [0.15, 0.2) is 76.7 Å². The lowest BCUT2D eigenvalue weighted by molar-refractivity contribution is -0.385. The third-order valence-electron chi connectivity index (χ3n) is 4.39. The first-order chi connectivity index (χ1) is 15.2. The first kappa shape index (κ1) is 23.5. The highest BCUT2D eigenvalue weighted by molar-refractivity contribution is 7.92. The van der Waals surface area contributed by atoms with Crippen LogP contribution in [0.1, 0.15) is 18.9 Å². The molecule has 0 bridgehead atoms. The summed E-state index contributed by atoms with van der Waals surface area (Å²) in [7, 11) is -4.18. The summed E-state index contributed by atoms with van der Waals surface area (Å²) < 4.78 is 28.5. The van der Waals surface area contributed by atoms with E-state index in [9.17, 15) is 18.5 Å². The number of nitrogens with zero attached hydrogens (tertiary/aromatic N) is 2. The molecule has 0 amide bonds. The van der Waals surface area contributed by atoms with Crippen molar-refractivity contribution in [2.24, 2.45) is 5.10 Å². The average Bonchev–Trinajstić information content (AvgIpc) is 2.76. The lowest BCUT2D eigenvalue weighted by atomic mass is 10.1. The molecule has 32 heavy (non-hydrogen) atoms. The maximum Gasteiger partial charge on any atom is 0.270 e. The zero-order valence-electron chi connectivity index (χ0n) is 16.7. The fourth-order valence-electron chi connectivity index (χ4n) is 2.79. The molecule has 8 nitrogen and oxygen atoms in total. The van der Waals surface area contributed by atoms with E-state index in [1.165, 1.54) is 36.4 Å². The molecule has 0 radical (unpaired) electrons. The van der Waals surface area contributed by atoms with Crippen LogP contribution in [0.3, 0.4) is 0 Å². The molecule has 0 unspecified atom stereocenters. The Kier molecular flexibility index (Phi) is 7.34. The number of nitrogens with one attached hydrogen (secondary N) is 2. The summed E-state index contributed by atoms with van der Waals surface area (Å²) in [5.41, 5.74) is 4.15. The van der Waals surface area contributed by atoms with Gasteiger partial charge in [-0.3, -0.25) is 20.3 Å². The van der Waals surface area contributed by atoms with Gasteiger partial charge in [-0.1, -0.05) is 42.3 Å². The van der Waals surface area contributed by atoms with Gasteiger partial charge >= 0.3 is 0 Å². The Labute approximate surface area is 195 Å². The first-order valence-corrected chi connectivity index (χ1v) is 11.6. The van der Waals surface area contributed by atoms with Crippen molar-refractivity contribution in [2.75, 3.05) is 10.1 Å². The van der Waals surface area contributed by atoms with E-state index in [0.717, 1.165) is 11.6 Å². The fraction of sp³-hybridized carbons (Fsp3) is 0.0952. The average molecular weight is 493 g/mol. The van der Waals surface area contributed by atoms with Crippen molar-refractivity contribution in [1.29, 1.82) is 0 Å². The summed E-state index contributed by atoms with van der Waals surface area (Å²) in [5.74, 6) is 0. The Morgan fingerprint density at radius 3 is 2.16 bits per heavy atom. The van der Waals surface area contributed by atoms with Gasteiger partial charge in [-0.15, -0.1) is 0 Å². The van der Waals surface area contributed by atoms with Gasteiger partial charge in [0, 0.05) is 27.9 Å². The molecule has 3 rings (SSSR count). The standard InChI is InChI=1S/C21H18Cl2N4O4S/c1-2-19(14-3-5-15(22)6-4-14)24-25-20-12-11-18(27(28)29)13-21(20)32(30,31)26-17-9-7-16(23)8-10-17/h3-13,25-26H,2H2,1H3/b24-19+. The highest BCUT2D eigenvalue weighted by Gasteiger charge is 2.23. The van der Waals surface area contributed by atoms with Crippen molar-refractivity contribution in [3.8, 4) is 0 Å². The molecule has 2 N–H and O–H groups in total. The Morgan fingerprint density at radius 2 is 1.59 bits per heavy atom. The first-order valence-electron chi connectivity index (χ1n) is 9.35. The molecule has 11 heteroatoms. The molecule has 166 valence electrons. The number of nitro groups is 1. The molecule has 0 heterocycles. The second-order valence-corrected chi connectivity index (χ2v) is 9.10. The van der Waals surface area contributed by atoms with Gasteiger partial charge in [0.05, 0.1) is 16.3 Å². The highest BCUT2D eigenvalue weighted by atomic mass is 35.5. The van der Waals surface area contributed by atoms with Crippen LogP contribution < -0.4 is 10.1 Å². The lowest BCUT2D eigenvalue weighted by Crippen LogP contribution is -2.15. The van der Waals surface area contributed by atoms with E-state index in [4.69, 9.17) is 23.2 Å². The monoisotopic (exact) mass is 492 g/mol. The zero-order chi connectivity index (χ0) is 23.3. The van der Waals surface area contributed by atoms with Crippen LogP contribution in [0.2, 0.25) is 10.0 Å². The molecule has 0 aliphatic carbocycles. The number of non-ortho nitro benzene ring substituents is 1. The molecule has 0 aliphatic heterocycles. The predicted molar refractivity (Wildman–Crippen MR) is 127 cm³/mol. The number of rotatable bonds is 8. The van der Waals surface area contributed by atoms with Crippen molar-refractivity contribution in [1.82, 2.24) is 0 Å². The van der Waals surface area contributed by atoms with Crippen LogP contribution in [-0.4, -0.2) is 19.1 Å². The van der Waals surface area contributed by atoms with Gasteiger partial charge < -0.3 is 0 Å². The van der Waals surface area contributed by atoms with Gasteiger partial charge in [0.25, 0.3) is 15.7 Å². The van der Waals surface area contributed by atoms with Gasteiger partial charge in [-0.2, -0.15) is 5.10 Å². The molecule has 0 spiro atoms. The number of benzene rings is 3. The fourth-order valence-corrected chi connectivity index (χ4v) is 4.27. The molecule has 0 aromatic heterocycles. The number of nitro benzene ring substituents is 1. The molecular formula is C21H18Cl2N4O4S. The van der Waals surface area contributed by atoms with Crippen molar-refractivity contribution in [2.45, 2.75) is 18.2 Å². The minimum Gasteiger partial charge on any atom is -0.280 e. The molecule has 3 aromatic rings. The van der Waals surface area contributed by atoms with Gasteiger partial charge in [0.2, 0.25) is 0 Å². The second-order valence-electron chi connectivity index (χ2n) is 6.58. The minimum atomic E-state index is -4.18. The summed E-state index contributed by atoms with van der Waals surface area (Å²) in [6.45, 7) is 1.89. The summed E-state index contributed by atoms with van der Waals surface area (Å²) in [6, 6.07) is 16.5. The summed E-state index contributed by atoms with van der Waals surface area (Å²) in [6.07, 6.45) is 0.548. The van der Waals surface area contributed by atoms with E-state index >= 15 is 0 Å². The Balaban J connectivity index is 1.99. The summed E-state index contributed by atoms with van der Waals surface area (Å²) >= 11 is 11.8. The van der Waals surface area contributed by atoms with Gasteiger partial charge in [-0.05, 0) is 54.4 Å².